The summed E-state index contributed by atoms with van der Waals surface area (Å²) in [5, 5.41) is 6.23. The Morgan fingerprint density at radius 2 is 1.80 bits per heavy atom. The second-order valence-electron chi connectivity index (χ2n) is 9.83. The number of hydrogen-bond acceptors (Lipinski definition) is 5. The minimum Gasteiger partial charge on any atom is -0.496 e. The number of fused-ring (bicyclic) bond motifs is 3. The molecule has 0 radical (unpaired) electrons. The van der Waals surface area contributed by atoms with Crippen LogP contribution in [0.3, 0.4) is 0 Å². The minimum absolute atomic E-state index is 0.0374. The Labute approximate surface area is 233 Å². The highest BCUT2D eigenvalue weighted by atomic mass is 16.5. The number of allylic oxidation sites excluding steroid dienone is 4. The number of ether oxygens (including phenoxy) is 2. The van der Waals surface area contributed by atoms with Crippen molar-refractivity contribution in [2.24, 2.45) is 0 Å². The van der Waals surface area contributed by atoms with E-state index in [-0.39, 0.29) is 16.3 Å². The highest BCUT2D eigenvalue weighted by molar-refractivity contribution is 6.09. The molecule has 0 spiro atoms. The predicted molar refractivity (Wildman–Crippen MR) is 154 cm³/mol. The topological polar surface area (TPSA) is 76.7 Å². The van der Waals surface area contributed by atoms with E-state index in [0.29, 0.717) is 42.3 Å². The van der Waals surface area contributed by atoms with Crippen molar-refractivity contribution >= 4 is 17.5 Å². The molecule has 1 saturated heterocycles. The summed E-state index contributed by atoms with van der Waals surface area (Å²) in [7, 11) is 1.54. The molecule has 1 aliphatic carbocycles. The van der Waals surface area contributed by atoms with Crippen molar-refractivity contribution in [3.05, 3.63) is 132 Å². The van der Waals surface area contributed by atoms with Crippen LogP contribution in [0.4, 0.5) is 5.69 Å². The average molecular weight is 533 g/mol. The summed E-state index contributed by atoms with van der Waals surface area (Å²) in [4.78, 5) is 27.9. The van der Waals surface area contributed by atoms with Gasteiger partial charge < -0.3 is 20.1 Å². The lowest BCUT2D eigenvalue weighted by molar-refractivity contribution is -0.779. The fraction of sp³-hybridized carbons (Fsp3) is 0.152. The summed E-state index contributed by atoms with van der Waals surface area (Å²) in [6, 6.07) is 22.5. The van der Waals surface area contributed by atoms with Gasteiger partial charge in [0.2, 0.25) is 0 Å². The number of carbonyl (C=O) groups excluding carboxylic acids is 2. The number of morpholine rings is 1. The molecule has 3 aliphatic rings. The monoisotopic (exact) mass is 532 g/mol. The Morgan fingerprint density at radius 3 is 2.65 bits per heavy atom. The number of nitrogens with one attached hydrogen (secondary N) is 2. The van der Waals surface area contributed by atoms with Crippen LogP contribution in [-0.4, -0.2) is 43.2 Å². The summed E-state index contributed by atoms with van der Waals surface area (Å²) >= 11 is 0. The van der Waals surface area contributed by atoms with E-state index in [1.807, 2.05) is 73.1 Å². The summed E-state index contributed by atoms with van der Waals surface area (Å²) in [6.07, 6.45) is 10.7. The summed E-state index contributed by atoms with van der Waals surface area (Å²) in [5.41, 5.74) is 6.17. The van der Waals surface area contributed by atoms with Gasteiger partial charge in [-0.15, -0.1) is 0 Å². The first-order chi connectivity index (χ1) is 19.6. The first-order valence-corrected chi connectivity index (χ1v) is 13.3. The van der Waals surface area contributed by atoms with Crippen molar-refractivity contribution in [1.29, 1.82) is 0 Å². The number of rotatable bonds is 5. The van der Waals surface area contributed by atoms with E-state index >= 15 is 0 Å². The quantitative estimate of drug-likeness (QED) is 0.408. The van der Waals surface area contributed by atoms with Crippen LogP contribution in [-0.2, 0) is 4.74 Å². The second kappa shape index (κ2) is 10.8. The summed E-state index contributed by atoms with van der Waals surface area (Å²) in [5.74, 6) is 0.0513. The molecule has 2 N–H and O–H groups in total. The average Bonchev–Trinajstić information content (AvgIpc) is 3.18. The number of methoxy groups -OCH3 is 1. The Balaban J connectivity index is 1.34. The molecule has 40 heavy (non-hydrogen) atoms. The van der Waals surface area contributed by atoms with Gasteiger partial charge in [0, 0.05) is 35.2 Å². The third-order valence-electron chi connectivity index (χ3n) is 7.58. The highest BCUT2D eigenvalue weighted by Gasteiger charge is 2.50. The van der Waals surface area contributed by atoms with Crippen LogP contribution in [0, 0.1) is 0 Å². The standard InChI is InChI=1S/C33H29N3O4/c1-39-31-19-25(35-32(37)28-13-7-6-12-27(28)23-9-3-2-4-10-23)15-16-29(31)33(38)36-17-18-40-22-26(36)21-34-20-24-11-5-8-14-30(24)36/h2-10,12-16,19-21,34H,11,17-18,22H2,1H3/p+1. The zero-order chi connectivity index (χ0) is 27.5. The van der Waals surface area contributed by atoms with Crippen LogP contribution in [0.1, 0.15) is 27.1 Å². The number of amides is 2. The third-order valence-corrected chi connectivity index (χ3v) is 7.58. The Bertz CT molecular complexity index is 1600. The Kier molecular flexibility index (Phi) is 6.90. The molecular weight excluding hydrogens is 502 g/mol. The van der Waals surface area contributed by atoms with Crippen molar-refractivity contribution in [2.75, 3.05) is 32.2 Å². The molecule has 2 heterocycles. The van der Waals surface area contributed by atoms with Crippen LogP contribution < -0.4 is 15.4 Å². The summed E-state index contributed by atoms with van der Waals surface area (Å²) < 4.78 is 11.5. The molecule has 1 fully saturated rings. The zero-order valence-electron chi connectivity index (χ0n) is 22.2. The second-order valence-corrected chi connectivity index (χ2v) is 9.83. The van der Waals surface area contributed by atoms with Gasteiger partial charge in [-0.3, -0.25) is 4.79 Å². The molecule has 7 heteroatoms. The Morgan fingerprint density at radius 1 is 0.975 bits per heavy atom. The first kappa shape index (κ1) is 25.6. The van der Waals surface area contributed by atoms with Gasteiger partial charge in [-0.05, 0) is 35.7 Å². The molecule has 1 atom stereocenters. The number of quaternary nitrogens is 1. The maximum absolute atomic E-state index is 14.5. The molecule has 3 aromatic rings. The molecule has 2 amide bonds. The number of hydrogen-bond donors (Lipinski definition) is 2. The lowest BCUT2D eigenvalue weighted by Gasteiger charge is -2.41. The molecule has 6 rings (SSSR count). The van der Waals surface area contributed by atoms with Crippen LogP contribution in [0.25, 0.3) is 11.1 Å². The van der Waals surface area contributed by atoms with E-state index in [9.17, 15) is 9.59 Å². The van der Waals surface area contributed by atoms with Crippen molar-refractivity contribution in [2.45, 2.75) is 6.42 Å². The van der Waals surface area contributed by atoms with Crippen LogP contribution in [0.15, 0.2) is 120 Å². The number of nitrogens with zero attached hydrogens (tertiary/aromatic N) is 1. The van der Waals surface area contributed by atoms with Gasteiger partial charge >= 0.3 is 5.91 Å². The van der Waals surface area contributed by atoms with E-state index in [2.05, 4.69) is 16.7 Å². The molecule has 0 aromatic heterocycles. The van der Waals surface area contributed by atoms with E-state index in [1.165, 1.54) is 7.11 Å². The van der Waals surface area contributed by atoms with Gasteiger partial charge in [0.25, 0.3) is 5.91 Å². The van der Waals surface area contributed by atoms with Crippen LogP contribution in [0.5, 0.6) is 5.75 Å². The molecular formula is C33H30N3O4+. The van der Waals surface area contributed by atoms with Crippen LogP contribution in [0.2, 0.25) is 0 Å². The van der Waals surface area contributed by atoms with Crippen LogP contribution >= 0.6 is 0 Å². The molecule has 0 bridgehead atoms. The lowest BCUT2D eigenvalue weighted by Crippen LogP contribution is -2.56. The minimum atomic E-state index is -0.242. The van der Waals surface area contributed by atoms with E-state index in [0.717, 1.165) is 34.5 Å². The first-order valence-electron chi connectivity index (χ1n) is 13.3. The van der Waals surface area contributed by atoms with Crippen molar-refractivity contribution in [3.63, 3.8) is 0 Å². The smallest absolute Gasteiger partial charge is 0.359 e. The van der Waals surface area contributed by atoms with Gasteiger partial charge in [0.05, 0.1) is 19.9 Å². The molecule has 3 aromatic carbocycles. The molecule has 2 aliphatic heterocycles. The third kappa shape index (κ3) is 4.45. The largest absolute Gasteiger partial charge is 0.496 e. The zero-order valence-corrected chi connectivity index (χ0v) is 22.2. The van der Waals surface area contributed by atoms with Crippen molar-refractivity contribution in [3.8, 4) is 16.9 Å². The van der Waals surface area contributed by atoms with Gasteiger partial charge in [0.15, 0.2) is 11.4 Å². The van der Waals surface area contributed by atoms with Gasteiger partial charge in [-0.1, -0.05) is 60.7 Å². The van der Waals surface area contributed by atoms with E-state index in [1.54, 1.807) is 24.3 Å². The van der Waals surface area contributed by atoms with E-state index in [4.69, 9.17) is 9.47 Å². The van der Waals surface area contributed by atoms with Gasteiger partial charge in [-0.25, -0.2) is 4.79 Å². The maximum atomic E-state index is 14.5. The SMILES string of the molecule is COc1cc(NC(=O)c2ccccc2-c2ccccc2)ccc1C(=O)[N+]12CCOCC1=CNC=C1CC=CC=C12. The molecule has 7 nitrogen and oxygen atoms in total. The highest BCUT2D eigenvalue weighted by Crippen LogP contribution is 2.41. The van der Waals surface area contributed by atoms with Gasteiger partial charge in [-0.2, -0.15) is 4.48 Å². The Hall–Kier alpha value is -4.72. The molecule has 200 valence electrons. The fourth-order valence-corrected chi connectivity index (χ4v) is 5.61. The number of benzene rings is 3. The van der Waals surface area contributed by atoms with Crippen molar-refractivity contribution < 1.29 is 23.5 Å². The molecule has 0 saturated carbocycles. The normalized spacial score (nSPS) is 19.5. The fourth-order valence-electron chi connectivity index (χ4n) is 5.61. The predicted octanol–water partition coefficient (Wildman–Crippen LogP) is 5.77. The lowest BCUT2D eigenvalue weighted by atomic mass is 9.98. The van der Waals surface area contributed by atoms with Gasteiger partial charge in [0.1, 0.15) is 24.5 Å². The number of anilines is 1. The van der Waals surface area contributed by atoms with E-state index < -0.39 is 0 Å². The summed E-state index contributed by atoms with van der Waals surface area (Å²) in [6.45, 7) is 1.27. The maximum Gasteiger partial charge on any atom is 0.359 e. The van der Waals surface area contributed by atoms with Crippen molar-refractivity contribution in [1.82, 2.24) is 5.32 Å². The number of carbonyl (C=O) groups is 2. The molecule has 1 unspecified atom stereocenters.